The summed E-state index contributed by atoms with van der Waals surface area (Å²) in [4.78, 5) is 23.8. The van der Waals surface area contributed by atoms with Crippen LogP contribution in [0.1, 0.15) is 27.2 Å². The predicted molar refractivity (Wildman–Crippen MR) is 96.9 cm³/mol. The fraction of sp³-hybridized carbons (Fsp3) is 0.500. The number of halogens is 1. The van der Waals surface area contributed by atoms with E-state index in [-0.39, 0.29) is 6.09 Å². The SMILES string of the molecule is CC(C)(C)OC(=O)N1CCC(Sc2ccccc2Cl)C1.NNC=O. The van der Waals surface area contributed by atoms with Crippen LogP contribution in [-0.4, -0.2) is 41.3 Å². The van der Waals surface area contributed by atoms with Gasteiger partial charge in [0.15, 0.2) is 0 Å². The molecule has 0 aliphatic carbocycles. The third-order valence-corrected chi connectivity index (χ3v) is 4.76. The Hall–Kier alpha value is -1.44. The second kappa shape index (κ2) is 9.76. The Morgan fingerprint density at radius 1 is 1.46 bits per heavy atom. The van der Waals surface area contributed by atoms with E-state index >= 15 is 0 Å². The van der Waals surface area contributed by atoms with Crippen molar-refractivity contribution in [3.8, 4) is 0 Å². The predicted octanol–water partition coefficient (Wildman–Crippen LogP) is 3.05. The largest absolute Gasteiger partial charge is 0.444 e. The monoisotopic (exact) mass is 373 g/mol. The van der Waals surface area contributed by atoms with Crippen LogP contribution in [0.25, 0.3) is 0 Å². The molecule has 2 amide bonds. The lowest BCUT2D eigenvalue weighted by atomic mass is 10.2. The molecule has 1 aliphatic heterocycles. The van der Waals surface area contributed by atoms with Crippen molar-refractivity contribution in [1.82, 2.24) is 10.3 Å². The lowest BCUT2D eigenvalue weighted by Gasteiger charge is -2.24. The van der Waals surface area contributed by atoms with Crippen molar-refractivity contribution in [3.05, 3.63) is 29.3 Å². The molecule has 1 fully saturated rings. The molecule has 1 heterocycles. The smallest absolute Gasteiger partial charge is 0.410 e. The summed E-state index contributed by atoms with van der Waals surface area (Å²) in [5.74, 6) is 4.41. The number of rotatable bonds is 3. The second-order valence-corrected chi connectivity index (χ2v) is 7.92. The van der Waals surface area contributed by atoms with Crippen molar-refractivity contribution in [2.24, 2.45) is 5.84 Å². The number of hydrazine groups is 1. The van der Waals surface area contributed by atoms with Crippen LogP contribution in [0.4, 0.5) is 4.79 Å². The Morgan fingerprint density at radius 3 is 2.62 bits per heavy atom. The van der Waals surface area contributed by atoms with E-state index in [0.717, 1.165) is 22.9 Å². The molecule has 0 saturated carbocycles. The van der Waals surface area contributed by atoms with E-state index in [4.69, 9.17) is 21.1 Å². The molecule has 2 rings (SSSR count). The molecule has 8 heteroatoms. The number of amides is 2. The van der Waals surface area contributed by atoms with E-state index < -0.39 is 5.60 Å². The van der Waals surface area contributed by atoms with Crippen LogP contribution in [0, 0.1) is 0 Å². The van der Waals surface area contributed by atoms with Gasteiger partial charge in [-0.3, -0.25) is 10.2 Å². The van der Waals surface area contributed by atoms with Gasteiger partial charge >= 0.3 is 6.09 Å². The van der Waals surface area contributed by atoms with Gasteiger partial charge in [-0.2, -0.15) is 0 Å². The van der Waals surface area contributed by atoms with Gasteiger partial charge in [0.05, 0.1) is 5.02 Å². The second-order valence-electron chi connectivity index (χ2n) is 6.17. The molecule has 24 heavy (non-hydrogen) atoms. The highest BCUT2D eigenvalue weighted by molar-refractivity contribution is 8.00. The van der Waals surface area contributed by atoms with E-state index in [0.29, 0.717) is 18.2 Å². The Bertz CT molecular complexity index is 552. The summed E-state index contributed by atoms with van der Waals surface area (Å²) in [6.45, 7) is 7.12. The molecule has 1 saturated heterocycles. The maximum Gasteiger partial charge on any atom is 0.410 e. The number of thioether (sulfide) groups is 1. The zero-order valence-corrected chi connectivity index (χ0v) is 15.7. The molecule has 1 aromatic carbocycles. The molecule has 1 aromatic rings. The number of nitrogens with zero attached hydrogens (tertiary/aromatic N) is 1. The van der Waals surface area contributed by atoms with E-state index in [9.17, 15) is 4.79 Å². The summed E-state index contributed by atoms with van der Waals surface area (Å²) in [7, 11) is 0. The number of ether oxygens (including phenoxy) is 1. The summed E-state index contributed by atoms with van der Waals surface area (Å²) in [6, 6.07) is 7.82. The molecule has 0 spiro atoms. The molecule has 0 aromatic heterocycles. The third-order valence-electron chi connectivity index (χ3n) is 3.00. The first-order valence-electron chi connectivity index (χ1n) is 7.55. The fourth-order valence-electron chi connectivity index (χ4n) is 2.04. The summed E-state index contributed by atoms with van der Waals surface area (Å²) in [5, 5.41) is 1.15. The van der Waals surface area contributed by atoms with Crippen LogP contribution in [0.2, 0.25) is 5.02 Å². The highest BCUT2D eigenvalue weighted by Crippen LogP contribution is 2.34. The number of nitrogens with one attached hydrogen (secondary N) is 1. The minimum Gasteiger partial charge on any atom is -0.444 e. The maximum atomic E-state index is 12.0. The molecule has 1 aliphatic rings. The maximum absolute atomic E-state index is 12.0. The minimum atomic E-state index is -0.439. The fourth-order valence-corrected chi connectivity index (χ4v) is 3.48. The average Bonchev–Trinajstić information content (AvgIpc) is 2.97. The van der Waals surface area contributed by atoms with E-state index in [1.165, 1.54) is 0 Å². The number of carbonyl (C=O) groups is 2. The van der Waals surface area contributed by atoms with Gasteiger partial charge in [-0.25, -0.2) is 10.6 Å². The number of benzene rings is 1. The van der Waals surface area contributed by atoms with Gasteiger partial charge in [-0.1, -0.05) is 23.7 Å². The number of likely N-dealkylation sites (tertiary alicyclic amines) is 1. The van der Waals surface area contributed by atoms with Gasteiger partial charge < -0.3 is 9.64 Å². The first-order valence-corrected chi connectivity index (χ1v) is 8.81. The van der Waals surface area contributed by atoms with E-state index in [1.807, 2.05) is 45.0 Å². The van der Waals surface area contributed by atoms with Crippen molar-refractivity contribution in [2.45, 2.75) is 42.9 Å². The molecule has 0 radical (unpaired) electrons. The van der Waals surface area contributed by atoms with Crippen LogP contribution in [-0.2, 0) is 9.53 Å². The standard InChI is InChI=1S/C15H20ClNO2S.CH4N2O/c1-15(2,3)19-14(18)17-9-8-11(10-17)20-13-7-5-4-6-12(13)16;2-3-1-4/h4-7,11H,8-10H2,1-3H3;1H,2H2,(H,3,4). The molecule has 134 valence electrons. The number of hydrogen-bond donors (Lipinski definition) is 2. The molecular formula is C16H24ClN3O3S. The first kappa shape index (κ1) is 20.6. The number of carbonyl (C=O) groups excluding carboxylic acids is 2. The quantitative estimate of drug-likeness (QED) is 0.368. The zero-order chi connectivity index (χ0) is 18.2. The highest BCUT2D eigenvalue weighted by atomic mass is 35.5. The van der Waals surface area contributed by atoms with Gasteiger partial charge in [-0.05, 0) is 39.3 Å². The van der Waals surface area contributed by atoms with Crippen LogP contribution in [0.15, 0.2) is 29.2 Å². The third kappa shape index (κ3) is 7.42. The Kier molecular flexibility index (Phi) is 8.38. The van der Waals surface area contributed by atoms with Gasteiger partial charge in [-0.15, -0.1) is 11.8 Å². The Labute approximate surface area is 152 Å². The lowest BCUT2D eigenvalue weighted by Crippen LogP contribution is -2.35. The number of nitrogens with two attached hydrogens (primary N) is 1. The number of hydrogen-bond acceptors (Lipinski definition) is 5. The van der Waals surface area contributed by atoms with E-state index in [2.05, 4.69) is 5.84 Å². The molecule has 3 N–H and O–H groups in total. The normalized spacial score (nSPS) is 16.9. The summed E-state index contributed by atoms with van der Waals surface area (Å²) in [5.41, 5.74) is 1.31. The van der Waals surface area contributed by atoms with Crippen LogP contribution in [0.5, 0.6) is 0 Å². The lowest BCUT2D eigenvalue weighted by molar-refractivity contribution is -0.109. The minimum absolute atomic E-state index is 0.222. The van der Waals surface area contributed by atoms with Gasteiger partial charge in [0.1, 0.15) is 5.60 Å². The Morgan fingerprint density at radius 2 is 2.08 bits per heavy atom. The van der Waals surface area contributed by atoms with Crippen molar-refractivity contribution in [3.63, 3.8) is 0 Å². The average molecular weight is 374 g/mol. The Balaban J connectivity index is 0.000000648. The van der Waals surface area contributed by atoms with Crippen LogP contribution in [0.3, 0.4) is 0 Å². The van der Waals surface area contributed by atoms with Crippen molar-refractivity contribution < 1.29 is 14.3 Å². The molecule has 1 atom stereocenters. The summed E-state index contributed by atoms with van der Waals surface area (Å²) in [6.07, 6.45) is 1.15. The van der Waals surface area contributed by atoms with Gasteiger partial charge in [0, 0.05) is 23.2 Å². The van der Waals surface area contributed by atoms with Crippen molar-refractivity contribution in [2.75, 3.05) is 13.1 Å². The highest BCUT2D eigenvalue weighted by Gasteiger charge is 2.30. The van der Waals surface area contributed by atoms with Crippen LogP contribution >= 0.6 is 23.4 Å². The molecular weight excluding hydrogens is 350 g/mol. The zero-order valence-electron chi connectivity index (χ0n) is 14.1. The van der Waals surface area contributed by atoms with Gasteiger partial charge in [0.25, 0.3) is 0 Å². The van der Waals surface area contributed by atoms with Crippen molar-refractivity contribution in [1.29, 1.82) is 0 Å². The molecule has 1 unspecified atom stereocenters. The van der Waals surface area contributed by atoms with Crippen LogP contribution < -0.4 is 11.3 Å². The first-order chi connectivity index (χ1) is 11.3. The molecule has 0 bridgehead atoms. The molecule has 6 nitrogen and oxygen atoms in total. The summed E-state index contributed by atoms with van der Waals surface area (Å²) < 4.78 is 5.40. The van der Waals surface area contributed by atoms with E-state index in [1.54, 1.807) is 22.1 Å². The topological polar surface area (TPSA) is 84.7 Å². The van der Waals surface area contributed by atoms with Crippen molar-refractivity contribution >= 4 is 35.9 Å². The summed E-state index contributed by atoms with van der Waals surface area (Å²) >= 11 is 7.90. The van der Waals surface area contributed by atoms with Gasteiger partial charge in [0.2, 0.25) is 6.41 Å².